The number of fused-ring (bicyclic) bond motifs is 3. The first-order valence-electron chi connectivity index (χ1n) is 18.0. The fraction of sp³-hybridized carbons (Fsp3) is 0. The number of rotatable bonds is 5. The van der Waals surface area contributed by atoms with Crippen molar-refractivity contribution in [1.82, 2.24) is 14.5 Å². The zero-order chi connectivity index (χ0) is 35.5. The maximum atomic E-state index is 8.78. The van der Waals surface area contributed by atoms with E-state index >= 15 is 0 Å². The van der Waals surface area contributed by atoms with Crippen LogP contribution in [0.1, 0.15) is 6.85 Å². The summed E-state index contributed by atoms with van der Waals surface area (Å²) in [4.78, 5) is 9.39. The minimum absolute atomic E-state index is 0.0573. The summed E-state index contributed by atoms with van der Waals surface area (Å²) in [5.41, 5.74) is 8.55. The van der Waals surface area contributed by atoms with Gasteiger partial charge in [0.25, 0.3) is 0 Å². The van der Waals surface area contributed by atoms with Crippen LogP contribution in [0.5, 0.6) is 0 Å². The van der Waals surface area contributed by atoms with Gasteiger partial charge in [-0.15, -0.1) is 0 Å². The first-order valence-corrected chi connectivity index (χ1v) is 15.5. The molecule has 0 unspecified atom stereocenters. The van der Waals surface area contributed by atoms with Crippen LogP contribution in [0.2, 0.25) is 0 Å². The number of nitrogens with zero attached hydrogens (tertiary/aromatic N) is 3. The smallest absolute Gasteiger partial charge is 0.145 e. The molecule has 9 aromatic rings. The SMILES string of the molecule is [2H]c1c([2H])c([2H])c(-c2nc3ccccc3n2-c2cccc(-c3c4ccccc4c(-c4ccc(-c5ccccn5)cc4)c4ccccc34)c2)c([2H])c1[2H]. The van der Waals surface area contributed by atoms with E-state index in [4.69, 9.17) is 11.8 Å². The van der Waals surface area contributed by atoms with Gasteiger partial charge in [-0.1, -0.05) is 133 Å². The number of para-hydroxylation sites is 2. The average Bonchev–Trinajstić information content (AvgIpc) is 3.58. The second kappa shape index (κ2) is 11.2. The van der Waals surface area contributed by atoms with Crippen LogP contribution in [0.25, 0.3) is 83.2 Å². The molecule has 0 aliphatic rings. The third-order valence-corrected chi connectivity index (χ3v) is 8.74. The van der Waals surface area contributed by atoms with Crippen LogP contribution in [0.4, 0.5) is 0 Å². The van der Waals surface area contributed by atoms with E-state index in [1.165, 1.54) is 0 Å². The van der Waals surface area contributed by atoms with Crippen LogP contribution in [0.3, 0.4) is 0 Å². The van der Waals surface area contributed by atoms with Crippen LogP contribution in [0.15, 0.2) is 176 Å². The van der Waals surface area contributed by atoms with Gasteiger partial charge in [-0.25, -0.2) is 4.98 Å². The molecule has 9 rings (SSSR count). The Kier molecular flexibility index (Phi) is 5.32. The van der Waals surface area contributed by atoms with Crippen LogP contribution >= 0.6 is 0 Å². The summed E-state index contributed by atoms with van der Waals surface area (Å²) >= 11 is 0. The molecule has 0 spiro atoms. The summed E-state index contributed by atoms with van der Waals surface area (Å²) in [6.45, 7) is 0. The summed E-state index contributed by atoms with van der Waals surface area (Å²) in [6, 6.07) is 45.5. The van der Waals surface area contributed by atoms with Crippen molar-refractivity contribution in [3.05, 3.63) is 176 Å². The summed E-state index contributed by atoms with van der Waals surface area (Å²) in [6.07, 6.45) is 1.81. The van der Waals surface area contributed by atoms with Gasteiger partial charge in [0.2, 0.25) is 0 Å². The van der Waals surface area contributed by atoms with Crippen LogP contribution in [-0.4, -0.2) is 14.5 Å². The largest absolute Gasteiger partial charge is 0.292 e. The highest BCUT2D eigenvalue weighted by Gasteiger charge is 2.19. The molecule has 3 heteroatoms. The minimum atomic E-state index is -0.435. The molecule has 0 saturated heterocycles. The molecule has 0 fully saturated rings. The molecule has 0 amide bonds. The maximum Gasteiger partial charge on any atom is 0.145 e. The predicted molar refractivity (Wildman–Crippen MR) is 196 cm³/mol. The van der Waals surface area contributed by atoms with Crippen molar-refractivity contribution >= 4 is 32.6 Å². The normalized spacial score (nSPS) is 12.9. The highest BCUT2D eigenvalue weighted by atomic mass is 15.1. The topological polar surface area (TPSA) is 30.7 Å². The number of benzene rings is 7. The quantitative estimate of drug-likeness (QED) is 0.183. The first kappa shape index (κ1) is 22.2. The Morgan fingerprint density at radius 2 is 1.11 bits per heavy atom. The molecule has 0 aliphatic heterocycles. The van der Waals surface area contributed by atoms with Gasteiger partial charge in [-0.3, -0.25) is 9.55 Å². The standard InChI is InChI=1S/C44H29N3/c1-2-13-32(14-3-1)44-46-40-22-8-9-23-41(40)47(44)34-16-12-15-33(29-34)43-37-19-6-4-17-35(37)42(36-18-5-7-20-38(36)43)31-26-24-30(25-27-31)39-21-10-11-28-45-39/h1-29H/i1D,2D,3D,13D,14D. The van der Waals surface area contributed by atoms with Gasteiger partial charge < -0.3 is 0 Å². The summed E-state index contributed by atoms with van der Waals surface area (Å²) in [5.74, 6) is 0.287. The highest BCUT2D eigenvalue weighted by molar-refractivity contribution is 6.21. The van der Waals surface area contributed by atoms with Crippen molar-refractivity contribution in [2.45, 2.75) is 0 Å². The summed E-state index contributed by atoms with van der Waals surface area (Å²) in [7, 11) is 0. The van der Waals surface area contributed by atoms with Crippen molar-refractivity contribution in [1.29, 1.82) is 0 Å². The van der Waals surface area contributed by atoms with Gasteiger partial charge in [0.15, 0.2) is 0 Å². The number of hydrogen-bond acceptors (Lipinski definition) is 2. The average molecular weight is 605 g/mol. The number of aromatic nitrogens is 3. The molecule has 0 radical (unpaired) electrons. The highest BCUT2D eigenvalue weighted by Crippen LogP contribution is 2.44. The molecular formula is C44H29N3. The van der Waals surface area contributed by atoms with E-state index < -0.39 is 18.1 Å². The van der Waals surface area contributed by atoms with Crippen molar-refractivity contribution < 1.29 is 6.85 Å². The van der Waals surface area contributed by atoms with Gasteiger partial charge in [0, 0.05) is 23.0 Å². The van der Waals surface area contributed by atoms with E-state index in [1.54, 1.807) is 0 Å². The van der Waals surface area contributed by atoms with E-state index in [2.05, 4.69) is 89.9 Å². The Balaban J connectivity index is 1.28. The summed E-state index contributed by atoms with van der Waals surface area (Å²) in [5, 5.41) is 4.45. The number of imidazole rings is 1. The Hall–Kier alpha value is -6.32. The lowest BCUT2D eigenvalue weighted by Crippen LogP contribution is -1.98. The van der Waals surface area contributed by atoms with Crippen molar-refractivity contribution in [2.24, 2.45) is 0 Å². The lowest BCUT2D eigenvalue weighted by atomic mass is 9.85. The van der Waals surface area contributed by atoms with E-state index in [-0.39, 0.29) is 23.5 Å². The van der Waals surface area contributed by atoms with Gasteiger partial charge >= 0.3 is 0 Å². The molecular weight excluding hydrogens is 571 g/mol. The maximum absolute atomic E-state index is 8.78. The molecule has 220 valence electrons. The monoisotopic (exact) mass is 604 g/mol. The minimum Gasteiger partial charge on any atom is -0.292 e. The fourth-order valence-corrected chi connectivity index (χ4v) is 6.71. The van der Waals surface area contributed by atoms with E-state index in [0.29, 0.717) is 5.52 Å². The van der Waals surface area contributed by atoms with Crippen molar-refractivity contribution in [3.63, 3.8) is 0 Å². The Labute approximate surface area is 280 Å². The molecule has 7 aromatic carbocycles. The molecule has 2 aromatic heterocycles. The molecule has 0 aliphatic carbocycles. The van der Waals surface area contributed by atoms with Gasteiger partial charge in [-0.05, 0) is 80.2 Å². The lowest BCUT2D eigenvalue weighted by Gasteiger charge is -2.19. The predicted octanol–water partition coefficient (Wildman–Crippen LogP) is 11.4. The molecule has 47 heavy (non-hydrogen) atoms. The van der Waals surface area contributed by atoms with Crippen molar-refractivity contribution in [3.8, 4) is 50.6 Å². The lowest BCUT2D eigenvalue weighted by molar-refractivity contribution is 1.10. The van der Waals surface area contributed by atoms with E-state index in [0.717, 1.165) is 66.3 Å². The molecule has 0 atom stereocenters. The van der Waals surface area contributed by atoms with E-state index in [1.807, 2.05) is 65.4 Å². The van der Waals surface area contributed by atoms with Gasteiger partial charge in [0.05, 0.1) is 23.6 Å². The van der Waals surface area contributed by atoms with Crippen LogP contribution in [0, 0.1) is 0 Å². The zero-order valence-electron chi connectivity index (χ0n) is 30.2. The molecule has 0 saturated carbocycles. The number of hydrogen-bond donors (Lipinski definition) is 0. The van der Waals surface area contributed by atoms with Crippen LogP contribution in [-0.2, 0) is 0 Å². The first-order chi connectivity index (χ1) is 25.4. The molecule has 0 bridgehead atoms. The second-order valence-electron chi connectivity index (χ2n) is 11.4. The Morgan fingerprint density at radius 3 is 1.79 bits per heavy atom. The van der Waals surface area contributed by atoms with Crippen molar-refractivity contribution in [2.75, 3.05) is 0 Å². The molecule has 3 nitrogen and oxygen atoms in total. The summed E-state index contributed by atoms with van der Waals surface area (Å²) < 4.78 is 44.4. The Morgan fingerprint density at radius 1 is 0.489 bits per heavy atom. The van der Waals surface area contributed by atoms with Gasteiger partial charge in [0.1, 0.15) is 5.82 Å². The third-order valence-electron chi connectivity index (χ3n) is 8.74. The van der Waals surface area contributed by atoms with E-state index in [9.17, 15) is 0 Å². The second-order valence-corrected chi connectivity index (χ2v) is 11.4. The third kappa shape index (κ3) is 4.60. The molecule has 0 N–H and O–H groups in total. The van der Waals surface area contributed by atoms with Gasteiger partial charge in [-0.2, -0.15) is 0 Å². The number of pyridine rings is 1. The fourth-order valence-electron chi connectivity index (χ4n) is 6.71. The zero-order valence-corrected chi connectivity index (χ0v) is 25.2. The van der Waals surface area contributed by atoms with Crippen LogP contribution < -0.4 is 0 Å². The molecule has 2 heterocycles. The Bertz CT molecular complexity index is 2760.